The van der Waals surface area contributed by atoms with Crippen LogP contribution in [-0.2, 0) is 6.54 Å². The summed E-state index contributed by atoms with van der Waals surface area (Å²) < 4.78 is 1.93. The summed E-state index contributed by atoms with van der Waals surface area (Å²) in [5.41, 5.74) is 3.40. The average Bonchev–Trinajstić information content (AvgIpc) is 2.64. The van der Waals surface area contributed by atoms with Crippen LogP contribution in [0.4, 0.5) is 5.69 Å². The van der Waals surface area contributed by atoms with Gasteiger partial charge < -0.3 is 9.47 Å². The SMILES string of the molecule is CN(C)c1ccc(C(C#N)N2CC3C[C@@H](C2)Cn2c3cccc2=O)cc1. The van der Waals surface area contributed by atoms with Gasteiger partial charge >= 0.3 is 0 Å². The van der Waals surface area contributed by atoms with Gasteiger partial charge in [-0.25, -0.2) is 0 Å². The van der Waals surface area contributed by atoms with Crippen LogP contribution in [0.3, 0.4) is 0 Å². The van der Waals surface area contributed by atoms with Crippen LogP contribution in [0.15, 0.2) is 47.3 Å². The molecule has 0 N–H and O–H groups in total. The first-order chi connectivity index (χ1) is 12.6. The molecule has 2 aliphatic rings. The highest BCUT2D eigenvalue weighted by Gasteiger charge is 2.37. The average molecular weight is 348 g/mol. The van der Waals surface area contributed by atoms with Gasteiger partial charge in [-0.15, -0.1) is 0 Å². The Morgan fingerprint density at radius 1 is 1.12 bits per heavy atom. The Labute approximate surface area is 154 Å². The molecule has 0 radical (unpaired) electrons. The van der Waals surface area contributed by atoms with E-state index in [4.69, 9.17) is 0 Å². The summed E-state index contributed by atoms with van der Waals surface area (Å²) in [5, 5.41) is 9.86. The molecule has 1 saturated heterocycles. The molecule has 0 spiro atoms. The predicted molar refractivity (Wildman–Crippen MR) is 102 cm³/mol. The monoisotopic (exact) mass is 348 g/mol. The van der Waals surface area contributed by atoms with Crippen LogP contribution in [0.1, 0.15) is 29.6 Å². The first-order valence-corrected chi connectivity index (χ1v) is 9.17. The van der Waals surface area contributed by atoms with Crippen LogP contribution in [0.2, 0.25) is 0 Å². The van der Waals surface area contributed by atoms with Gasteiger partial charge in [-0.2, -0.15) is 5.26 Å². The lowest BCUT2D eigenvalue weighted by Gasteiger charge is -2.44. The maximum Gasteiger partial charge on any atom is 0.250 e. The van der Waals surface area contributed by atoms with Crippen LogP contribution in [0, 0.1) is 17.2 Å². The Kier molecular flexibility index (Phi) is 4.29. The zero-order chi connectivity index (χ0) is 18.3. The Balaban J connectivity index is 1.61. The molecule has 3 atom stereocenters. The van der Waals surface area contributed by atoms with E-state index in [2.05, 4.69) is 46.2 Å². The van der Waals surface area contributed by atoms with Gasteiger partial charge in [-0.05, 0) is 36.1 Å². The number of hydrogen-bond acceptors (Lipinski definition) is 4. The van der Waals surface area contributed by atoms with Crippen molar-refractivity contribution in [2.24, 2.45) is 5.92 Å². The van der Waals surface area contributed by atoms with Crippen LogP contribution >= 0.6 is 0 Å². The number of anilines is 1. The topological polar surface area (TPSA) is 52.3 Å². The Morgan fingerprint density at radius 3 is 2.58 bits per heavy atom. The molecule has 1 aromatic heterocycles. The molecule has 0 saturated carbocycles. The van der Waals surface area contributed by atoms with E-state index in [0.717, 1.165) is 43.0 Å². The quantitative estimate of drug-likeness (QED) is 0.856. The van der Waals surface area contributed by atoms with Crippen LogP contribution < -0.4 is 10.5 Å². The summed E-state index contributed by atoms with van der Waals surface area (Å²) in [6, 6.07) is 16.1. The summed E-state index contributed by atoms with van der Waals surface area (Å²) in [6.45, 7) is 2.46. The van der Waals surface area contributed by atoms with Crippen molar-refractivity contribution in [3.63, 3.8) is 0 Å². The van der Waals surface area contributed by atoms with Gasteiger partial charge in [-0.3, -0.25) is 9.69 Å². The fourth-order valence-corrected chi connectivity index (χ4v) is 4.47. The number of aromatic nitrogens is 1. The van der Waals surface area contributed by atoms with Crippen molar-refractivity contribution in [2.45, 2.75) is 24.9 Å². The molecular formula is C21H24N4O. The number of hydrogen-bond donors (Lipinski definition) is 0. The third kappa shape index (κ3) is 2.91. The molecule has 5 nitrogen and oxygen atoms in total. The molecule has 2 aliphatic heterocycles. The van der Waals surface area contributed by atoms with Crippen LogP contribution in [-0.4, -0.2) is 36.7 Å². The summed E-state index contributed by atoms with van der Waals surface area (Å²) in [6.07, 6.45) is 1.11. The molecule has 134 valence electrons. The van der Waals surface area contributed by atoms with Crippen LogP contribution in [0.5, 0.6) is 0 Å². The van der Waals surface area contributed by atoms with Gasteiger partial charge in [0, 0.05) is 57.1 Å². The van der Waals surface area contributed by atoms with E-state index in [-0.39, 0.29) is 11.6 Å². The van der Waals surface area contributed by atoms with E-state index < -0.39 is 0 Å². The molecule has 1 aromatic carbocycles. The number of benzene rings is 1. The Morgan fingerprint density at radius 2 is 1.88 bits per heavy atom. The summed E-state index contributed by atoms with van der Waals surface area (Å²) >= 11 is 0. The van der Waals surface area contributed by atoms with Crippen molar-refractivity contribution in [2.75, 3.05) is 32.1 Å². The molecule has 2 aromatic rings. The van der Waals surface area contributed by atoms with Crippen molar-refractivity contribution in [1.29, 1.82) is 5.26 Å². The van der Waals surface area contributed by atoms with Crippen molar-refractivity contribution < 1.29 is 0 Å². The van der Waals surface area contributed by atoms with E-state index in [9.17, 15) is 10.1 Å². The number of fused-ring (bicyclic) bond motifs is 4. The smallest absolute Gasteiger partial charge is 0.250 e. The lowest BCUT2D eigenvalue weighted by atomic mass is 9.82. The summed E-state index contributed by atoms with van der Waals surface area (Å²) in [7, 11) is 4.03. The van der Waals surface area contributed by atoms with Gasteiger partial charge in [0.05, 0.1) is 6.07 Å². The van der Waals surface area contributed by atoms with Gasteiger partial charge in [0.2, 0.25) is 0 Å². The molecule has 2 bridgehead atoms. The second-order valence-electron chi connectivity index (χ2n) is 7.67. The normalized spacial score (nSPS) is 23.0. The highest BCUT2D eigenvalue weighted by atomic mass is 16.1. The zero-order valence-electron chi connectivity index (χ0n) is 15.3. The van der Waals surface area contributed by atoms with Crippen LogP contribution in [0.25, 0.3) is 0 Å². The number of likely N-dealkylation sites (tertiary alicyclic amines) is 1. The van der Waals surface area contributed by atoms with Gasteiger partial charge in [-0.1, -0.05) is 18.2 Å². The largest absolute Gasteiger partial charge is 0.378 e. The second-order valence-corrected chi connectivity index (χ2v) is 7.67. The first kappa shape index (κ1) is 16.9. The standard InChI is InChI=1S/C21H24N4O/c1-23(2)18-8-6-16(7-9-18)20(11-22)24-12-15-10-17(14-24)19-4-3-5-21(26)25(19)13-15/h3-9,15,17,20H,10,12-14H2,1-2H3/t15-,17?,20?/m0/s1. The number of rotatable bonds is 3. The third-order valence-corrected chi connectivity index (χ3v) is 5.72. The predicted octanol–water partition coefficient (Wildman–Crippen LogP) is 2.60. The highest BCUT2D eigenvalue weighted by Crippen LogP contribution is 2.38. The fraction of sp³-hybridized carbons (Fsp3) is 0.429. The number of nitrogens with zero attached hydrogens (tertiary/aromatic N) is 4. The lowest BCUT2D eigenvalue weighted by molar-refractivity contribution is 0.100. The van der Waals surface area contributed by atoms with E-state index in [1.807, 2.05) is 24.7 Å². The van der Waals surface area contributed by atoms with Gasteiger partial charge in [0.15, 0.2) is 0 Å². The fourth-order valence-electron chi connectivity index (χ4n) is 4.47. The van der Waals surface area contributed by atoms with E-state index in [1.165, 1.54) is 0 Å². The summed E-state index contributed by atoms with van der Waals surface area (Å²) in [5.74, 6) is 0.756. The van der Waals surface area contributed by atoms with Crippen molar-refractivity contribution >= 4 is 5.69 Å². The Bertz CT molecular complexity index is 893. The molecule has 2 unspecified atom stereocenters. The van der Waals surface area contributed by atoms with E-state index >= 15 is 0 Å². The molecule has 3 heterocycles. The van der Waals surface area contributed by atoms with Crippen molar-refractivity contribution in [3.8, 4) is 6.07 Å². The van der Waals surface area contributed by atoms with Crippen molar-refractivity contribution in [1.82, 2.24) is 9.47 Å². The zero-order valence-corrected chi connectivity index (χ0v) is 15.3. The highest BCUT2D eigenvalue weighted by molar-refractivity contribution is 5.47. The molecule has 1 fully saturated rings. The maximum absolute atomic E-state index is 12.2. The molecule has 26 heavy (non-hydrogen) atoms. The molecule has 5 heteroatoms. The third-order valence-electron chi connectivity index (χ3n) is 5.72. The van der Waals surface area contributed by atoms with E-state index in [0.29, 0.717) is 11.8 Å². The summed E-state index contributed by atoms with van der Waals surface area (Å²) in [4.78, 5) is 16.5. The second kappa shape index (κ2) is 6.62. The minimum absolute atomic E-state index is 0.0988. The number of pyridine rings is 1. The molecule has 0 amide bonds. The minimum Gasteiger partial charge on any atom is -0.378 e. The first-order valence-electron chi connectivity index (χ1n) is 9.17. The van der Waals surface area contributed by atoms with E-state index in [1.54, 1.807) is 6.07 Å². The number of nitriles is 1. The van der Waals surface area contributed by atoms with Gasteiger partial charge in [0.25, 0.3) is 5.56 Å². The number of piperidine rings is 1. The molecule has 4 rings (SSSR count). The maximum atomic E-state index is 12.2. The van der Waals surface area contributed by atoms with Crippen molar-refractivity contribution in [3.05, 3.63) is 64.1 Å². The molecular weight excluding hydrogens is 324 g/mol. The van der Waals surface area contributed by atoms with Gasteiger partial charge in [0.1, 0.15) is 6.04 Å². The molecule has 0 aliphatic carbocycles. The minimum atomic E-state index is -0.238. The lowest BCUT2D eigenvalue weighted by Crippen LogP contribution is -2.47. The Hall–Kier alpha value is -2.58.